The quantitative estimate of drug-likeness (QED) is 0.758. The highest BCUT2D eigenvalue weighted by Crippen LogP contribution is 2.26. The van der Waals surface area contributed by atoms with Gasteiger partial charge in [-0.2, -0.15) is 0 Å². The van der Waals surface area contributed by atoms with E-state index in [0.717, 1.165) is 25.9 Å². The molecule has 0 spiro atoms. The monoisotopic (exact) mass is 407 g/mol. The number of ether oxygens (including phenoxy) is 1. The van der Waals surface area contributed by atoms with Gasteiger partial charge in [-0.05, 0) is 37.1 Å². The lowest BCUT2D eigenvalue weighted by Crippen LogP contribution is -2.32. The molecule has 1 heterocycles. The van der Waals surface area contributed by atoms with Crippen molar-refractivity contribution >= 4 is 46.5 Å². The number of rotatable bonds is 5. The van der Waals surface area contributed by atoms with E-state index in [1.165, 1.54) is 0 Å². The molecular formula is C19H19Cl2N3O3. The van der Waals surface area contributed by atoms with Gasteiger partial charge in [0.1, 0.15) is 5.75 Å². The van der Waals surface area contributed by atoms with Gasteiger partial charge in [0.2, 0.25) is 0 Å². The summed E-state index contributed by atoms with van der Waals surface area (Å²) in [5.74, 6) is 0.0825. The van der Waals surface area contributed by atoms with Crippen LogP contribution in [0.5, 0.6) is 5.75 Å². The molecule has 2 N–H and O–H groups in total. The summed E-state index contributed by atoms with van der Waals surface area (Å²) in [4.78, 5) is 26.2. The zero-order valence-corrected chi connectivity index (χ0v) is 16.0. The fourth-order valence-corrected chi connectivity index (χ4v) is 3.01. The molecule has 1 saturated heterocycles. The normalized spacial score (nSPS) is 13.3. The number of anilines is 2. The van der Waals surface area contributed by atoms with Crippen LogP contribution >= 0.6 is 23.2 Å². The molecule has 0 atom stereocenters. The lowest BCUT2D eigenvalue weighted by atomic mass is 10.2. The molecular weight excluding hydrogens is 389 g/mol. The number of hydrogen-bond donors (Lipinski definition) is 2. The number of nitrogens with one attached hydrogen (secondary N) is 2. The van der Waals surface area contributed by atoms with Gasteiger partial charge in [0.05, 0.1) is 21.4 Å². The molecule has 8 heteroatoms. The fraction of sp³-hybridized carbons (Fsp3) is 0.263. The van der Waals surface area contributed by atoms with Gasteiger partial charge in [0.25, 0.3) is 5.91 Å². The molecule has 27 heavy (non-hydrogen) atoms. The molecule has 0 aromatic heterocycles. The summed E-state index contributed by atoms with van der Waals surface area (Å²) in [6, 6.07) is 11.6. The van der Waals surface area contributed by atoms with Crippen molar-refractivity contribution in [2.24, 2.45) is 0 Å². The minimum Gasteiger partial charge on any atom is -0.484 e. The third-order valence-corrected chi connectivity index (χ3v) is 4.84. The number of para-hydroxylation sites is 2. The first-order chi connectivity index (χ1) is 13.0. The summed E-state index contributed by atoms with van der Waals surface area (Å²) in [6.45, 7) is 1.29. The molecule has 2 aromatic rings. The van der Waals surface area contributed by atoms with Crippen LogP contribution in [-0.4, -0.2) is 36.5 Å². The highest BCUT2D eigenvalue weighted by molar-refractivity contribution is 6.42. The Labute approximate surface area is 167 Å². The Balaban J connectivity index is 1.58. The van der Waals surface area contributed by atoms with Crippen LogP contribution in [0.25, 0.3) is 0 Å². The van der Waals surface area contributed by atoms with Gasteiger partial charge in [-0.25, -0.2) is 4.79 Å². The van der Waals surface area contributed by atoms with Crippen molar-refractivity contribution in [2.45, 2.75) is 12.8 Å². The van der Waals surface area contributed by atoms with Crippen LogP contribution in [0.1, 0.15) is 12.8 Å². The first-order valence-electron chi connectivity index (χ1n) is 8.55. The Hall–Kier alpha value is -2.44. The first-order valence-corrected chi connectivity index (χ1v) is 9.31. The maximum atomic E-state index is 12.3. The lowest BCUT2D eigenvalue weighted by Gasteiger charge is -2.18. The Morgan fingerprint density at radius 3 is 2.30 bits per heavy atom. The molecule has 0 aliphatic carbocycles. The zero-order chi connectivity index (χ0) is 19.2. The van der Waals surface area contributed by atoms with Gasteiger partial charge >= 0.3 is 6.03 Å². The molecule has 1 aliphatic heterocycles. The third kappa shape index (κ3) is 5.28. The van der Waals surface area contributed by atoms with Crippen molar-refractivity contribution in [1.29, 1.82) is 0 Å². The van der Waals surface area contributed by atoms with Crippen LogP contribution < -0.4 is 15.4 Å². The molecule has 2 aromatic carbocycles. The van der Waals surface area contributed by atoms with E-state index in [2.05, 4.69) is 10.6 Å². The summed E-state index contributed by atoms with van der Waals surface area (Å²) >= 11 is 11.8. The molecule has 3 amide bonds. The van der Waals surface area contributed by atoms with E-state index in [-0.39, 0.29) is 18.5 Å². The van der Waals surface area contributed by atoms with Crippen LogP contribution in [0.15, 0.2) is 42.5 Å². The number of hydrogen-bond acceptors (Lipinski definition) is 3. The fourth-order valence-electron chi connectivity index (χ4n) is 2.72. The molecule has 0 unspecified atom stereocenters. The molecule has 0 saturated carbocycles. The molecule has 0 radical (unpaired) electrons. The van der Waals surface area contributed by atoms with Gasteiger partial charge in [0, 0.05) is 19.2 Å². The van der Waals surface area contributed by atoms with Gasteiger partial charge in [0.15, 0.2) is 6.61 Å². The van der Waals surface area contributed by atoms with E-state index >= 15 is 0 Å². The number of amides is 3. The van der Waals surface area contributed by atoms with Crippen molar-refractivity contribution in [3.05, 3.63) is 52.5 Å². The highest BCUT2D eigenvalue weighted by Gasteiger charge is 2.19. The second-order valence-corrected chi connectivity index (χ2v) is 6.90. The zero-order valence-electron chi connectivity index (χ0n) is 14.5. The maximum absolute atomic E-state index is 12.3. The summed E-state index contributed by atoms with van der Waals surface area (Å²) < 4.78 is 5.43. The minimum atomic E-state index is -0.357. The number of carbonyl (C=O) groups excluding carboxylic acids is 2. The van der Waals surface area contributed by atoms with Crippen LogP contribution in [0.3, 0.4) is 0 Å². The smallest absolute Gasteiger partial charge is 0.321 e. The second kappa shape index (κ2) is 8.97. The Morgan fingerprint density at radius 2 is 1.63 bits per heavy atom. The summed E-state index contributed by atoms with van der Waals surface area (Å²) in [5, 5.41) is 6.36. The topological polar surface area (TPSA) is 70.7 Å². The second-order valence-electron chi connectivity index (χ2n) is 6.08. The molecule has 6 nitrogen and oxygen atoms in total. The molecule has 1 fully saturated rings. The van der Waals surface area contributed by atoms with Crippen molar-refractivity contribution < 1.29 is 14.3 Å². The number of likely N-dealkylation sites (tertiary alicyclic amines) is 1. The maximum Gasteiger partial charge on any atom is 0.321 e. The largest absolute Gasteiger partial charge is 0.484 e. The molecule has 0 bridgehead atoms. The Morgan fingerprint density at radius 1 is 0.963 bits per heavy atom. The number of benzene rings is 2. The first kappa shape index (κ1) is 19.3. The van der Waals surface area contributed by atoms with E-state index in [9.17, 15) is 9.59 Å². The van der Waals surface area contributed by atoms with Crippen LogP contribution in [0, 0.1) is 0 Å². The predicted molar refractivity (Wildman–Crippen MR) is 107 cm³/mol. The standard InChI is InChI=1S/C19H19Cl2N3O3/c20-14-8-7-13(11-15(14)21)27-12-18(25)22-16-5-1-2-6-17(16)23-19(26)24-9-3-4-10-24/h1-2,5-8,11H,3-4,9-10,12H2,(H,22,25)(H,23,26). The van der Waals surface area contributed by atoms with Crippen molar-refractivity contribution in [1.82, 2.24) is 4.90 Å². The van der Waals surface area contributed by atoms with E-state index in [1.54, 1.807) is 47.4 Å². The van der Waals surface area contributed by atoms with E-state index < -0.39 is 0 Å². The van der Waals surface area contributed by atoms with Crippen molar-refractivity contribution in [3.8, 4) is 5.75 Å². The average molecular weight is 408 g/mol. The molecule has 142 valence electrons. The van der Waals surface area contributed by atoms with Gasteiger partial charge in [-0.3, -0.25) is 4.79 Å². The van der Waals surface area contributed by atoms with Gasteiger partial charge in [-0.1, -0.05) is 35.3 Å². The molecule has 3 rings (SSSR count). The average Bonchev–Trinajstić information content (AvgIpc) is 3.19. The third-order valence-electron chi connectivity index (χ3n) is 4.10. The number of halogens is 2. The van der Waals surface area contributed by atoms with E-state index in [0.29, 0.717) is 27.2 Å². The van der Waals surface area contributed by atoms with Crippen molar-refractivity contribution in [2.75, 3.05) is 30.3 Å². The number of carbonyl (C=O) groups is 2. The van der Waals surface area contributed by atoms with Gasteiger partial charge < -0.3 is 20.3 Å². The summed E-state index contributed by atoms with van der Waals surface area (Å²) in [7, 11) is 0. The molecule has 1 aliphatic rings. The van der Waals surface area contributed by atoms with Crippen LogP contribution in [0.4, 0.5) is 16.2 Å². The highest BCUT2D eigenvalue weighted by atomic mass is 35.5. The Bertz CT molecular complexity index is 839. The van der Waals surface area contributed by atoms with E-state index in [1.807, 2.05) is 0 Å². The number of nitrogens with zero attached hydrogens (tertiary/aromatic N) is 1. The van der Waals surface area contributed by atoms with E-state index in [4.69, 9.17) is 27.9 Å². The Kier molecular flexibility index (Phi) is 6.42. The number of urea groups is 1. The van der Waals surface area contributed by atoms with Crippen molar-refractivity contribution in [3.63, 3.8) is 0 Å². The van der Waals surface area contributed by atoms with Crippen LogP contribution in [0.2, 0.25) is 10.0 Å². The lowest BCUT2D eigenvalue weighted by molar-refractivity contribution is -0.118. The summed E-state index contributed by atoms with van der Waals surface area (Å²) in [6.07, 6.45) is 2.02. The minimum absolute atomic E-state index is 0.166. The summed E-state index contributed by atoms with van der Waals surface area (Å²) in [5.41, 5.74) is 1.05. The van der Waals surface area contributed by atoms with Crippen LogP contribution in [-0.2, 0) is 4.79 Å². The van der Waals surface area contributed by atoms with Gasteiger partial charge in [-0.15, -0.1) is 0 Å². The predicted octanol–water partition coefficient (Wildman–Crippen LogP) is 4.64. The SMILES string of the molecule is O=C(COc1ccc(Cl)c(Cl)c1)Nc1ccccc1NC(=O)N1CCCC1.